The fraction of sp³-hybridized carbons (Fsp3) is 1.00. The monoisotopic (exact) mass is 299 g/mol. The number of unbranched alkanes of at least 4 members (excludes halogenated alkanes) is 1. The van der Waals surface area contributed by atoms with Crippen LogP contribution >= 0.6 is 0 Å². The van der Waals surface area contributed by atoms with E-state index in [2.05, 4.69) is 0 Å². The summed E-state index contributed by atoms with van der Waals surface area (Å²) in [6.07, 6.45) is 1.78. The van der Waals surface area contributed by atoms with Gasteiger partial charge in [-0.3, -0.25) is 0 Å². The average Bonchev–Trinajstić information content (AvgIpc) is 2.29. The number of hydrogen-bond acceptors (Lipinski definition) is 4. The number of rotatable bonds is 4. The zero-order valence-corrected chi connectivity index (χ0v) is 10.3. The Balaban J connectivity index is -0.0000000388. The van der Waals surface area contributed by atoms with Gasteiger partial charge in [-0.2, -0.15) is 26.2 Å². The summed E-state index contributed by atoms with van der Waals surface area (Å²) in [7, 11) is 0. The molecule has 0 saturated heterocycles. The van der Waals surface area contributed by atoms with Gasteiger partial charge in [-0.15, -0.1) is 0 Å². The molecular weight excluding hydrogens is 279 g/mol. The maximum atomic E-state index is 8.22. The van der Waals surface area contributed by atoms with Crippen molar-refractivity contribution in [3.05, 3.63) is 32.7 Å². The summed E-state index contributed by atoms with van der Waals surface area (Å²) in [5.74, 6) is 0. The van der Waals surface area contributed by atoms with Gasteiger partial charge in [0.05, 0.1) is 0 Å². The van der Waals surface area contributed by atoms with Crippen LogP contribution in [0.5, 0.6) is 0 Å². The van der Waals surface area contributed by atoms with E-state index in [0.29, 0.717) is 13.1 Å². The Morgan fingerprint density at radius 3 is 0.941 bits per heavy atom. The van der Waals surface area contributed by atoms with Crippen molar-refractivity contribution < 1.29 is 27.2 Å². The molecule has 0 fully saturated rings. The molecule has 0 spiro atoms. The summed E-state index contributed by atoms with van der Waals surface area (Å²) in [4.78, 5) is 16.4. The summed E-state index contributed by atoms with van der Waals surface area (Å²) in [5.41, 5.74) is 25.8. The Morgan fingerprint density at radius 2 is 0.882 bits per heavy atom. The molecule has 0 atom stereocenters. The minimum Gasteiger partial charge on any atom is -0.679 e. The smallest absolute Gasteiger partial charge is 0.679 e. The Morgan fingerprint density at radius 1 is 0.706 bits per heavy atom. The van der Waals surface area contributed by atoms with Crippen LogP contribution in [-0.4, -0.2) is 36.6 Å². The molecule has 0 aliphatic rings. The van der Waals surface area contributed by atoms with E-state index in [1.54, 1.807) is 0 Å². The van der Waals surface area contributed by atoms with Crippen LogP contribution in [0.15, 0.2) is 10.7 Å². The first kappa shape index (κ1) is 29.8. The zero-order valence-electron chi connectivity index (χ0n) is 9.29. The van der Waals surface area contributed by atoms with Crippen LogP contribution in [0, 0.1) is 9.81 Å². The van der Waals surface area contributed by atoms with Crippen molar-refractivity contribution in [1.29, 1.82) is 0 Å². The normalized spacial score (nSPS) is 6.35. The third-order valence-electron chi connectivity index (χ3n) is 0.729. The van der Waals surface area contributed by atoms with Crippen molar-refractivity contribution in [3.63, 3.8) is 0 Å². The van der Waals surface area contributed by atoms with Crippen molar-refractivity contribution >= 4 is 0 Å². The molecule has 17 heavy (non-hydrogen) atoms. The van der Waals surface area contributed by atoms with Crippen LogP contribution in [0.2, 0.25) is 0 Å². The fourth-order valence-electron chi connectivity index (χ4n) is 0.250. The van der Waals surface area contributed by atoms with Gasteiger partial charge in [0.15, 0.2) is 0 Å². The van der Waals surface area contributed by atoms with Gasteiger partial charge in [-0.05, 0) is 0 Å². The van der Waals surface area contributed by atoms with Crippen LogP contribution in [-0.2, 0) is 16.8 Å². The molecule has 0 bridgehead atoms. The second-order valence-electron chi connectivity index (χ2n) is 1.89. The van der Waals surface area contributed by atoms with E-state index in [-0.39, 0.29) is 29.9 Å². The van der Waals surface area contributed by atoms with Gasteiger partial charge in [0, 0.05) is 0 Å². The van der Waals surface area contributed by atoms with Gasteiger partial charge in [-0.25, -0.2) is 0 Å². The van der Waals surface area contributed by atoms with E-state index in [9.17, 15) is 0 Å². The van der Waals surface area contributed by atoms with Gasteiger partial charge in [0.2, 0.25) is 9.81 Å². The van der Waals surface area contributed by atoms with Crippen LogP contribution in [0.1, 0.15) is 12.8 Å². The van der Waals surface area contributed by atoms with E-state index in [1.165, 1.54) is 10.7 Å². The molecule has 0 amide bonds. The van der Waals surface area contributed by atoms with Crippen LogP contribution < -0.4 is 0 Å². The topological polar surface area (TPSA) is 200 Å². The van der Waals surface area contributed by atoms with Crippen LogP contribution in [0.3, 0.4) is 0 Å². The molecule has 11 heteroatoms. The molecule has 0 heterocycles. The molecule has 10 nitrogen and oxygen atoms in total. The fourth-order valence-corrected chi connectivity index (χ4v) is 0.250. The predicted octanol–water partition coefficient (Wildman–Crippen LogP) is 1.74. The molecule has 0 aromatic rings. The van der Waals surface area contributed by atoms with Gasteiger partial charge < -0.3 is 33.3 Å². The van der Waals surface area contributed by atoms with E-state index >= 15 is 0 Å². The Labute approximate surface area is 110 Å². The molecule has 8 N–H and O–H groups in total. The molecule has 0 rings (SSSR count). The minimum atomic E-state index is 0. The molecule has 0 radical (unpaired) electrons. The summed E-state index contributed by atoms with van der Waals surface area (Å²) < 4.78 is 0. The molecule has 0 aliphatic heterocycles. The summed E-state index contributed by atoms with van der Waals surface area (Å²) in [6, 6.07) is 0. The van der Waals surface area contributed by atoms with Gasteiger partial charge >= 0.3 is 27.5 Å². The van der Waals surface area contributed by atoms with Crippen molar-refractivity contribution in [2.24, 2.45) is 10.7 Å². The average molecular weight is 299 g/mol. The van der Waals surface area contributed by atoms with Crippen LogP contribution in [0.25, 0.3) is 22.9 Å². The molecule has 0 aromatic carbocycles. The molecule has 0 aliphatic carbocycles. The summed E-state index contributed by atoms with van der Waals surface area (Å²) in [5, 5.41) is 13.6. The van der Waals surface area contributed by atoms with Gasteiger partial charge in [0.1, 0.15) is 0 Å². The van der Waals surface area contributed by atoms with E-state index in [4.69, 9.17) is 43.2 Å². The number of nitrogens with zero attached hydrogens (tertiary/aromatic N) is 2. The standard InChI is InChI=1S/C4H10N2.C2H6N2.Co.2HNO2/c5-3-1-2-4-6;3-1-2-4;;2*2-1-3/h5-6H,1-4H2;3-4H,1-2H2;;2*(H,2,3)/q2*-2;+3;;/p+2. The third-order valence-corrected chi connectivity index (χ3v) is 0.729. The van der Waals surface area contributed by atoms with Crippen molar-refractivity contribution in [3.8, 4) is 0 Å². The summed E-state index contributed by atoms with van der Waals surface area (Å²) >= 11 is 0. The molecule has 106 valence electrons. The Hall–Kier alpha value is -0.854. The van der Waals surface area contributed by atoms with E-state index in [0.717, 1.165) is 12.8 Å². The number of hydrogen-bond donors (Lipinski definition) is 0. The molecule has 0 aromatic heterocycles. The quantitative estimate of drug-likeness (QED) is 0.329. The molecule has 0 saturated carbocycles. The van der Waals surface area contributed by atoms with E-state index in [1.807, 2.05) is 0 Å². The largest absolute Gasteiger partial charge is 3.00 e. The summed E-state index contributed by atoms with van der Waals surface area (Å²) in [6.45, 7) is 1.44. The third kappa shape index (κ3) is 264. The van der Waals surface area contributed by atoms with Gasteiger partial charge in [-0.1, -0.05) is 12.8 Å². The number of nitrogens with one attached hydrogen (secondary N) is 4. The predicted molar refractivity (Wildman–Crippen MR) is 64.8 cm³/mol. The molecule has 0 unspecified atom stereocenters. The Kier molecular flexibility index (Phi) is 104. The van der Waals surface area contributed by atoms with Crippen LogP contribution in [0.4, 0.5) is 0 Å². The minimum absolute atomic E-state index is 0. The first-order chi connectivity index (χ1) is 7.66. The van der Waals surface area contributed by atoms with Crippen molar-refractivity contribution in [2.45, 2.75) is 12.8 Å². The van der Waals surface area contributed by atoms with Crippen molar-refractivity contribution in [1.82, 2.24) is 0 Å². The van der Waals surface area contributed by atoms with Gasteiger partial charge in [0.25, 0.3) is 0 Å². The second-order valence-corrected chi connectivity index (χ2v) is 1.89. The first-order valence-electron chi connectivity index (χ1n) is 4.23. The van der Waals surface area contributed by atoms with E-state index < -0.39 is 0 Å². The second kappa shape index (κ2) is 59.4. The SMILES string of the molecule is O=N[OH2+].O=N[OH2+].[Co+3].[NH-]CCCC[NH-].[NH-]CC[NH-]. The zero-order chi connectivity index (χ0) is 13.7. The maximum absolute atomic E-state index is 8.22. The van der Waals surface area contributed by atoms with Crippen molar-refractivity contribution in [2.75, 3.05) is 26.2 Å². The maximum Gasteiger partial charge on any atom is 3.00 e. The Bertz CT molecular complexity index is 101. The first-order valence-corrected chi connectivity index (χ1v) is 4.23. The molecular formula is C6H20CoN6O4+.